The van der Waals surface area contributed by atoms with Gasteiger partial charge in [-0.25, -0.2) is 0 Å². The van der Waals surface area contributed by atoms with Crippen molar-refractivity contribution < 1.29 is 14.3 Å². The molecule has 2 aromatic carbocycles. The summed E-state index contributed by atoms with van der Waals surface area (Å²) in [6.45, 7) is 7.08. The lowest BCUT2D eigenvalue weighted by Crippen LogP contribution is -2.42. The van der Waals surface area contributed by atoms with Crippen LogP contribution < -0.4 is 15.4 Å². The molecule has 0 spiro atoms. The molecule has 1 aliphatic rings. The van der Waals surface area contributed by atoms with Crippen molar-refractivity contribution in [3.63, 3.8) is 0 Å². The quantitative estimate of drug-likeness (QED) is 0.462. The van der Waals surface area contributed by atoms with Crippen LogP contribution in [-0.4, -0.2) is 52.6 Å². The number of piperidine rings is 1. The number of amides is 2. The second-order valence-corrected chi connectivity index (χ2v) is 9.83. The number of nitrogens with zero attached hydrogens (tertiary/aromatic N) is 3. The van der Waals surface area contributed by atoms with Gasteiger partial charge in [0, 0.05) is 30.4 Å². The van der Waals surface area contributed by atoms with Crippen LogP contribution in [0.25, 0.3) is 0 Å². The smallest absolute Gasteiger partial charge is 0.286 e. The van der Waals surface area contributed by atoms with Crippen LogP contribution in [0.1, 0.15) is 56.9 Å². The molecule has 0 aliphatic carbocycles. The Morgan fingerprint density at radius 2 is 1.83 bits per heavy atom. The summed E-state index contributed by atoms with van der Waals surface area (Å²) in [7, 11) is 0. The zero-order valence-corrected chi connectivity index (χ0v) is 20.9. The highest BCUT2D eigenvalue weighted by atomic mass is 32.1. The van der Waals surface area contributed by atoms with E-state index in [0.717, 1.165) is 24.4 Å². The average Bonchev–Trinajstić information content (AvgIpc) is 3.35. The third-order valence-corrected chi connectivity index (χ3v) is 6.97. The summed E-state index contributed by atoms with van der Waals surface area (Å²) in [5, 5.41) is 14.7. The van der Waals surface area contributed by atoms with Crippen LogP contribution in [0, 0.1) is 6.92 Å². The summed E-state index contributed by atoms with van der Waals surface area (Å²) in [5.74, 6) is 0.272. The average molecular weight is 494 g/mol. The van der Waals surface area contributed by atoms with Gasteiger partial charge in [0.05, 0.1) is 0 Å². The lowest BCUT2D eigenvalue weighted by atomic mass is 10.0. The Balaban J connectivity index is 1.23. The predicted molar refractivity (Wildman–Crippen MR) is 137 cm³/mol. The van der Waals surface area contributed by atoms with Crippen molar-refractivity contribution in [1.82, 2.24) is 20.4 Å². The van der Waals surface area contributed by atoms with Crippen LogP contribution >= 0.6 is 11.3 Å². The summed E-state index contributed by atoms with van der Waals surface area (Å²) in [5.41, 5.74) is 2.30. The highest BCUT2D eigenvalue weighted by Gasteiger charge is 2.18. The molecule has 8 nitrogen and oxygen atoms in total. The van der Waals surface area contributed by atoms with Crippen LogP contribution in [0.4, 0.5) is 5.69 Å². The van der Waals surface area contributed by atoms with Gasteiger partial charge in [0.15, 0.2) is 5.01 Å². The molecule has 9 heteroatoms. The molecule has 1 aromatic heterocycles. The highest BCUT2D eigenvalue weighted by Crippen LogP contribution is 2.18. The van der Waals surface area contributed by atoms with Gasteiger partial charge < -0.3 is 15.4 Å². The first-order valence-corrected chi connectivity index (χ1v) is 12.7. The fraction of sp³-hybridized carbons (Fsp3) is 0.385. The summed E-state index contributed by atoms with van der Waals surface area (Å²) >= 11 is 1.18. The van der Waals surface area contributed by atoms with Crippen molar-refractivity contribution in [2.75, 3.05) is 25.0 Å². The largest absolute Gasteiger partial charge is 0.486 e. The Kier molecular flexibility index (Phi) is 8.44. The number of ether oxygens (including phenoxy) is 1. The second-order valence-electron chi connectivity index (χ2n) is 8.77. The Bertz CT molecular complexity index is 1130. The monoisotopic (exact) mass is 493 g/mol. The summed E-state index contributed by atoms with van der Waals surface area (Å²) in [4.78, 5) is 27.4. The van der Waals surface area contributed by atoms with Gasteiger partial charge in [0.1, 0.15) is 12.4 Å². The minimum atomic E-state index is -0.350. The van der Waals surface area contributed by atoms with E-state index >= 15 is 0 Å². The first kappa shape index (κ1) is 24.8. The van der Waals surface area contributed by atoms with E-state index in [-0.39, 0.29) is 23.4 Å². The highest BCUT2D eigenvalue weighted by molar-refractivity contribution is 7.13. The molecule has 35 heavy (non-hydrogen) atoms. The van der Waals surface area contributed by atoms with Crippen LogP contribution in [0.2, 0.25) is 0 Å². The van der Waals surface area contributed by atoms with Gasteiger partial charge in [-0.05, 0) is 69.6 Å². The molecule has 1 fully saturated rings. The standard InChI is InChI=1S/C26H31N5O3S/c1-18-6-12-22(13-7-18)34-17-23-29-30-26(35-23)25(33)28-21-10-8-20(9-11-21)24(32)27-14-16-31-15-4-3-5-19(31)2/h6-13,19H,3-5,14-17H2,1-2H3,(H,27,32)(H,28,33)/t19-/m0/s1. The molecule has 2 heterocycles. The zero-order chi connectivity index (χ0) is 24.6. The summed E-state index contributed by atoms with van der Waals surface area (Å²) in [6.07, 6.45) is 3.74. The van der Waals surface area contributed by atoms with Gasteiger partial charge in [-0.2, -0.15) is 0 Å². The molecule has 2 N–H and O–H groups in total. The summed E-state index contributed by atoms with van der Waals surface area (Å²) < 4.78 is 5.70. The molecule has 3 aromatic rings. The number of aromatic nitrogens is 2. The minimum Gasteiger partial charge on any atom is -0.486 e. The number of nitrogens with one attached hydrogen (secondary N) is 2. The van der Waals surface area contributed by atoms with E-state index in [4.69, 9.17) is 4.74 Å². The van der Waals surface area contributed by atoms with E-state index in [1.807, 2.05) is 31.2 Å². The summed E-state index contributed by atoms with van der Waals surface area (Å²) in [6, 6.07) is 15.1. The van der Waals surface area contributed by atoms with Crippen LogP contribution in [0.15, 0.2) is 48.5 Å². The lowest BCUT2D eigenvalue weighted by Gasteiger charge is -2.33. The number of hydrogen-bond acceptors (Lipinski definition) is 7. The molecule has 1 aliphatic heterocycles. The topological polar surface area (TPSA) is 96.5 Å². The lowest BCUT2D eigenvalue weighted by molar-refractivity contribution is 0.0938. The third kappa shape index (κ3) is 7.10. The molecule has 0 radical (unpaired) electrons. The van der Waals surface area contributed by atoms with Crippen molar-refractivity contribution >= 4 is 28.8 Å². The number of carbonyl (C=O) groups is 2. The first-order valence-electron chi connectivity index (χ1n) is 11.9. The molecule has 2 amide bonds. The maximum absolute atomic E-state index is 12.5. The fourth-order valence-corrected chi connectivity index (χ4v) is 4.63. The van der Waals surface area contributed by atoms with Crippen LogP contribution in [-0.2, 0) is 6.61 Å². The van der Waals surface area contributed by atoms with Crippen molar-refractivity contribution in [1.29, 1.82) is 0 Å². The Hall–Kier alpha value is -3.30. The fourth-order valence-electron chi connectivity index (χ4n) is 3.98. The van der Waals surface area contributed by atoms with E-state index in [1.165, 1.54) is 30.6 Å². The van der Waals surface area contributed by atoms with Gasteiger partial charge in [0.2, 0.25) is 5.01 Å². The molecule has 0 unspecified atom stereocenters. The maximum atomic E-state index is 12.5. The van der Waals surface area contributed by atoms with E-state index in [2.05, 4.69) is 32.7 Å². The number of benzene rings is 2. The Morgan fingerprint density at radius 1 is 1.06 bits per heavy atom. The predicted octanol–water partition coefficient (Wildman–Crippen LogP) is 4.28. The molecule has 4 rings (SSSR count). The molecule has 1 saturated heterocycles. The normalized spacial score (nSPS) is 16.0. The van der Waals surface area contributed by atoms with Crippen molar-refractivity contribution in [3.05, 3.63) is 69.7 Å². The molecule has 184 valence electrons. The van der Waals surface area contributed by atoms with Crippen molar-refractivity contribution in [2.45, 2.75) is 45.8 Å². The van der Waals surface area contributed by atoms with E-state index < -0.39 is 0 Å². The van der Waals surface area contributed by atoms with Crippen molar-refractivity contribution in [3.8, 4) is 5.75 Å². The van der Waals surface area contributed by atoms with Gasteiger partial charge in [-0.1, -0.05) is 35.5 Å². The second kappa shape index (κ2) is 11.9. The molecular formula is C26H31N5O3S. The molecule has 0 bridgehead atoms. The number of carbonyl (C=O) groups excluding carboxylic acids is 2. The molecule has 1 atom stereocenters. The number of rotatable bonds is 9. The number of hydrogen-bond donors (Lipinski definition) is 2. The van der Waals surface area contributed by atoms with Crippen molar-refractivity contribution in [2.24, 2.45) is 0 Å². The number of aryl methyl sites for hydroxylation is 1. The Labute approximate surface area is 209 Å². The van der Waals surface area contributed by atoms with E-state index in [0.29, 0.717) is 28.8 Å². The Morgan fingerprint density at radius 3 is 2.57 bits per heavy atom. The third-order valence-electron chi connectivity index (χ3n) is 6.07. The van der Waals surface area contributed by atoms with E-state index in [1.54, 1.807) is 24.3 Å². The molecular weight excluding hydrogens is 462 g/mol. The van der Waals surface area contributed by atoms with Gasteiger partial charge in [0.25, 0.3) is 11.8 Å². The van der Waals surface area contributed by atoms with Crippen LogP contribution in [0.3, 0.4) is 0 Å². The van der Waals surface area contributed by atoms with Gasteiger partial charge in [-0.3, -0.25) is 14.5 Å². The zero-order valence-electron chi connectivity index (χ0n) is 20.1. The van der Waals surface area contributed by atoms with Gasteiger partial charge >= 0.3 is 0 Å². The van der Waals surface area contributed by atoms with Crippen LogP contribution in [0.5, 0.6) is 5.75 Å². The van der Waals surface area contributed by atoms with E-state index in [9.17, 15) is 9.59 Å². The molecule has 0 saturated carbocycles. The first-order chi connectivity index (χ1) is 17.0. The SMILES string of the molecule is Cc1ccc(OCc2nnc(C(=O)Nc3ccc(C(=O)NCCN4CCCC[C@@H]4C)cc3)s2)cc1. The maximum Gasteiger partial charge on any atom is 0.286 e. The number of anilines is 1. The number of likely N-dealkylation sites (tertiary alicyclic amines) is 1. The minimum absolute atomic E-state index is 0.116. The van der Waals surface area contributed by atoms with Gasteiger partial charge in [-0.15, -0.1) is 10.2 Å².